The summed E-state index contributed by atoms with van der Waals surface area (Å²) in [6, 6.07) is 6.02. The zero-order chi connectivity index (χ0) is 19.2. The fourth-order valence-corrected chi connectivity index (χ4v) is 3.95. The van der Waals surface area contributed by atoms with E-state index in [0.29, 0.717) is 25.2 Å². The molecule has 1 fully saturated rings. The molecule has 1 unspecified atom stereocenters. The van der Waals surface area contributed by atoms with E-state index in [2.05, 4.69) is 5.32 Å². The molecule has 1 aliphatic heterocycles. The summed E-state index contributed by atoms with van der Waals surface area (Å²) in [5, 5.41) is 2.83. The van der Waals surface area contributed by atoms with E-state index in [4.69, 9.17) is 5.73 Å². The minimum atomic E-state index is -3.28. The number of likely N-dealkylation sites (tertiary alicyclic amines) is 1. The van der Waals surface area contributed by atoms with E-state index in [0.717, 1.165) is 19.3 Å². The fourth-order valence-electron chi connectivity index (χ4n) is 3.07. The van der Waals surface area contributed by atoms with Gasteiger partial charge >= 0.3 is 0 Å². The van der Waals surface area contributed by atoms with Crippen molar-refractivity contribution >= 4 is 34.1 Å². The maximum atomic E-state index is 12.9. The third-order valence-corrected chi connectivity index (χ3v) is 6.39. The molecule has 1 aromatic carbocycles. The van der Waals surface area contributed by atoms with Crippen molar-refractivity contribution in [2.24, 2.45) is 5.73 Å². The molecule has 2 rings (SSSR count). The van der Waals surface area contributed by atoms with E-state index in [1.54, 1.807) is 24.0 Å². The summed E-state index contributed by atoms with van der Waals surface area (Å²) in [4.78, 5) is 26.5. The standard InChI is InChI=1S/C18H27N3O4S.ClH/c1-2-26(24,25)16-8-6-14(7-9-16)18(23)21-12-4-3-5-15(21)13-20-17(22)10-11-19;/h6-9,15H,2-5,10-13,19H2,1H3,(H,20,22);1H. The Balaban J connectivity index is 0.00000364. The number of piperidine rings is 1. The molecule has 152 valence electrons. The van der Waals surface area contributed by atoms with Crippen molar-refractivity contribution in [3.8, 4) is 0 Å². The predicted molar refractivity (Wildman–Crippen MR) is 107 cm³/mol. The largest absolute Gasteiger partial charge is 0.354 e. The Morgan fingerprint density at radius 1 is 1.22 bits per heavy atom. The molecule has 9 heteroatoms. The van der Waals surface area contributed by atoms with Gasteiger partial charge in [0.05, 0.1) is 10.6 Å². The molecule has 0 aliphatic carbocycles. The number of benzene rings is 1. The van der Waals surface area contributed by atoms with E-state index in [9.17, 15) is 18.0 Å². The van der Waals surface area contributed by atoms with E-state index in [1.807, 2.05) is 0 Å². The number of carbonyl (C=O) groups is 2. The normalized spacial score (nSPS) is 17.1. The summed E-state index contributed by atoms with van der Waals surface area (Å²) in [7, 11) is -3.28. The monoisotopic (exact) mass is 417 g/mol. The maximum absolute atomic E-state index is 12.9. The van der Waals surface area contributed by atoms with Crippen LogP contribution in [-0.4, -0.2) is 56.6 Å². The van der Waals surface area contributed by atoms with Gasteiger partial charge in [-0.15, -0.1) is 12.4 Å². The highest BCUT2D eigenvalue weighted by atomic mass is 35.5. The third kappa shape index (κ3) is 6.19. The van der Waals surface area contributed by atoms with Gasteiger partial charge in [0.15, 0.2) is 9.84 Å². The first-order chi connectivity index (χ1) is 12.4. The van der Waals surface area contributed by atoms with Crippen LogP contribution < -0.4 is 11.1 Å². The molecule has 2 amide bonds. The number of rotatable bonds is 7. The van der Waals surface area contributed by atoms with Crippen molar-refractivity contribution in [2.75, 3.05) is 25.4 Å². The Bertz CT molecular complexity index is 737. The van der Waals surface area contributed by atoms with Gasteiger partial charge in [0.2, 0.25) is 5.91 Å². The Labute approximate surface area is 167 Å². The van der Waals surface area contributed by atoms with E-state index < -0.39 is 9.84 Å². The van der Waals surface area contributed by atoms with Gasteiger partial charge in [-0.05, 0) is 43.5 Å². The van der Waals surface area contributed by atoms with Gasteiger partial charge in [-0.25, -0.2) is 8.42 Å². The van der Waals surface area contributed by atoms with Crippen LogP contribution in [0.2, 0.25) is 0 Å². The highest BCUT2D eigenvalue weighted by Crippen LogP contribution is 2.20. The molecule has 0 aromatic heterocycles. The third-order valence-electron chi connectivity index (χ3n) is 4.63. The lowest BCUT2D eigenvalue weighted by Crippen LogP contribution is -2.49. The van der Waals surface area contributed by atoms with Crippen molar-refractivity contribution in [3.05, 3.63) is 29.8 Å². The number of nitrogens with zero attached hydrogens (tertiary/aromatic N) is 1. The Morgan fingerprint density at radius 2 is 1.89 bits per heavy atom. The molecule has 1 atom stereocenters. The molecule has 27 heavy (non-hydrogen) atoms. The van der Waals surface area contributed by atoms with Crippen molar-refractivity contribution < 1.29 is 18.0 Å². The van der Waals surface area contributed by atoms with Crippen LogP contribution in [0.25, 0.3) is 0 Å². The van der Waals surface area contributed by atoms with Crippen LogP contribution in [-0.2, 0) is 14.6 Å². The van der Waals surface area contributed by atoms with Crippen LogP contribution in [0, 0.1) is 0 Å². The maximum Gasteiger partial charge on any atom is 0.254 e. The van der Waals surface area contributed by atoms with Crippen LogP contribution in [0.4, 0.5) is 0 Å². The van der Waals surface area contributed by atoms with Gasteiger partial charge < -0.3 is 16.0 Å². The smallest absolute Gasteiger partial charge is 0.254 e. The molecule has 1 heterocycles. The van der Waals surface area contributed by atoms with Gasteiger partial charge in [-0.1, -0.05) is 6.92 Å². The average Bonchev–Trinajstić information content (AvgIpc) is 2.66. The number of carbonyl (C=O) groups excluding carboxylic acids is 2. The summed E-state index contributed by atoms with van der Waals surface area (Å²) in [6.45, 7) is 2.93. The van der Waals surface area contributed by atoms with Gasteiger partial charge in [0.25, 0.3) is 5.91 Å². The zero-order valence-electron chi connectivity index (χ0n) is 15.5. The number of hydrogen-bond acceptors (Lipinski definition) is 5. The molecular formula is C18H28ClN3O4S. The number of nitrogens with one attached hydrogen (secondary N) is 1. The summed E-state index contributed by atoms with van der Waals surface area (Å²) in [5.74, 6) is -0.223. The first kappa shape index (κ1) is 23.4. The van der Waals surface area contributed by atoms with Crippen LogP contribution >= 0.6 is 12.4 Å². The highest BCUT2D eigenvalue weighted by Gasteiger charge is 2.28. The van der Waals surface area contributed by atoms with Gasteiger partial charge in [-0.2, -0.15) is 0 Å². The van der Waals surface area contributed by atoms with Crippen LogP contribution in [0.3, 0.4) is 0 Å². The second-order valence-electron chi connectivity index (χ2n) is 6.42. The number of sulfone groups is 1. The van der Waals surface area contributed by atoms with Crippen LogP contribution in [0.1, 0.15) is 43.0 Å². The van der Waals surface area contributed by atoms with E-state index in [-0.39, 0.29) is 47.3 Å². The molecule has 0 saturated carbocycles. The molecule has 1 saturated heterocycles. The number of hydrogen-bond donors (Lipinski definition) is 2. The number of amides is 2. The van der Waals surface area contributed by atoms with Crippen molar-refractivity contribution in [3.63, 3.8) is 0 Å². The molecule has 7 nitrogen and oxygen atoms in total. The molecule has 3 N–H and O–H groups in total. The second-order valence-corrected chi connectivity index (χ2v) is 8.70. The van der Waals surface area contributed by atoms with E-state index >= 15 is 0 Å². The Hall–Kier alpha value is -1.64. The Morgan fingerprint density at radius 3 is 2.48 bits per heavy atom. The molecular weight excluding hydrogens is 390 g/mol. The minimum absolute atomic E-state index is 0. The lowest BCUT2D eigenvalue weighted by molar-refractivity contribution is -0.121. The van der Waals surface area contributed by atoms with Crippen molar-refractivity contribution in [1.82, 2.24) is 10.2 Å². The molecule has 1 aromatic rings. The minimum Gasteiger partial charge on any atom is -0.354 e. The van der Waals surface area contributed by atoms with Crippen LogP contribution in [0.15, 0.2) is 29.2 Å². The van der Waals surface area contributed by atoms with E-state index in [1.165, 1.54) is 12.1 Å². The summed E-state index contributed by atoms with van der Waals surface area (Å²) < 4.78 is 23.8. The number of halogens is 1. The predicted octanol–water partition coefficient (Wildman–Crippen LogP) is 1.36. The van der Waals surface area contributed by atoms with Gasteiger partial charge in [0, 0.05) is 37.7 Å². The quantitative estimate of drug-likeness (QED) is 0.696. The first-order valence-corrected chi connectivity index (χ1v) is 10.6. The zero-order valence-corrected chi connectivity index (χ0v) is 17.2. The van der Waals surface area contributed by atoms with Gasteiger partial charge in [0.1, 0.15) is 0 Å². The average molecular weight is 418 g/mol. The molecule has 0 radical (unpaired) electrons. The Kier molecular flexibility index (Phi) is 9.21. The molecule has 1 aliphatic rings. The van der Waals surface area contributed by atoms with Crippen LogP contribution in [0.5, 0.6) is 0 Å². The van der Waals surface area contributed by atoms with Crippen molar-refractivity contribution in [1.29, 1.82) is 0 Å². The molecule has 0 bridgehead atoms. The highest BCUT2D eigenvalue weighted by molar-refractivity contribution is 7.91. The first-order valence-electron chi connectivity index (χ1n) is 8.99. The second kappa shape index (κ2) is 10.6. The molecule has 0 spiro atoms. The lowest BCUT2D eigenvalue weighted by Gasteiger charge is -2.36. The summed E-state index contributed by atoms with van der Waals surface area (Å²) >= 11 is 0. The van der Waals surface area contributed by atoms with Crippen molar-refractivity contribution in [2.45, 2.75) is 43.5 Å². The van der Waals surface area contributed by atoms with Gasteiger partial charge in [-0.3, -0.25) is 9.59 Å². The topological polar surface area (TPSA) is 110 Å². The SMILES string of the molecule is CCS(=O)(=O)c1ccc(C(=O)N2CCCCC2CNC(=O)CCN)cc1.Cl. The lowest BCUT2D eigenvalue weighted by atomic mass is 10.0. The summed E-state index contributed by atoms with van der Waals surface area (Å²) in [5.41, 5.74) is 5.83. The fraction of sp³-hybridized carbons (Fsp3) is 0.556. The summed E-state index contributed by atoms with van der Waals surface area (Å²) in [6.07, 6.45) is 3.03. The number of nitrogens with two attached hydrogens (primary N) is 1.